The molecule has 0 spiro atoms. The average Bonchev–Trinajstić information content (AvgIpc) is 2.95. The summed E-state index contributed by atoms with van der Waals surface area (Å²) in [6.45, 7) is 1.89. The van der Waals surface area contributed by atoms with E-state index in [2.05, 4.69) is 10.3 Å². The van der Waals surface area contributed by atoms with Gasteiger partial charge in [0.15, 0.2) is 17.6 Å². The number of rotatable bonds is 6. The Balaban J connectivity index is 1.55. The normalized spacial score (nSPS) is 16.9. The van der Waals surface area contributed by atoms with Crippen molar-refractivity contribution in [2.45, 2.75) is 31.9 Å². The number of ether oxygens (including phenoxy) is 2. The first-order valence-corrected chi connectivity index (χ1v) is 7.32. The molecule has 1 atom stereocenters. The second-order valence-electron chi connectivity index (χ2n) is 5.18. The van der Waals surface area contributed by atoms with E-state index in [0.717, 1.165) is 43.0 Å². The Kier molecular flexibility index (Phi) is 4.35. The Morgan fingerprint density at radius 1 is 1.24 bits per heavy atom. The summed E-state index contributed by atoms with van der Waals surface area (Å²) in [4.78, 5) is 0. The summed E-state index contributed by atoms with van der Waals surface area (Å²) in [5.41, 5.74) is 6.49. The van der Waals surface area contributed by atoms with E-state index in [4.69, 9.17) is 15.2 Å². The van der Waals surface area contributed by atoms with Gasteiger partial charge < -0.3 is 15.2 Å². The monoisotopic (exact) mass is 288 g/mol. The molecule has 1 aliphatic heterocycles. The van der Waals surface area contributed by atoms with Gasteiger partial charge in [-0.25, -0.2) is 4.68 Å². The lowest BCUT2D eigenvalue weighted by Crippen LogP contribution is -2.33. The molecule has 0 bridgehead atoms. The third-order valence-electron chi connectivity index (χ3n) is 3.43. The van der Waals surface area contributed by atoms with Gasteiger partial charge in [0.05, 0.1) is 12.2 Å². The fourth-order valence-electron chi connectivity index (χ4n) is 2.35. The molecular formula is C15H20N4O2. The Hall–Kier alpha value is -2.08. The van der Waals surface area contributed by atoms with Gasteiger partial charge in [-0.1, -0.05) is 17.3 Å². The molecule has 0 saturated carbocycles. The quantitative estimate of drug-likeness (QED) is 0.813. The van der Waals surface area contributed by atoms with Crippen molar-refractivity contribution in [2.24, 2.45) is 5.73 Å². The summed E-state index contributed by atoms with van der Waals surface area (Å²) < 4.78 is 13.4. The second-order valence-corrected chi connectivity index (χ2v) is 5.18. The Morgan fingerprint density at radius 2 is 2.10 bits per heavy atom. The zero-order chi connectivity index (χ0) is 14.5. The van der Waals surface area contributed by atoms with Gasteiger partial charge in [-0.15, -0.1) is 5.10 Å². The molecule has 6 heteroatoms. The van der Waals surface area contributed by atoms with Crippen LogP contribution in [0, 0.1) is 0 Å². The van der Waals surface area contributed by atoms with Gasteiger partial charge in [-0.3, -0.25) is 0 Å². The Labute approximate surface area is 123 Å². The van der Waals surface area contributed by atoms with E-state index in [9.17, 15) is 0 Å². The number of nitrogens with two attached hydrogens (primary N) is 1. The van der Waals surface area contributed by atoms with Crippen LogP contribution in [0.5, 0.6) is 11.5 Å². The maximum absolute atomic E-state index is 5.91. The number of para-hydroxylation sites is 2. The lowest BCUT2D eigenvalue weighted by Gasteiger charge is -2.26. The molecule has 0 fully saturated rings. The molecule has 2 aromatic rings. The molecule has 0 aliphatic carbocycles. The fourth-order valence-corrected chi connectivity index (χ4v) is 2.35. The lowest BCUT2D eigenvalue weighted by molar-refractivity contribution is 0.0755. The highest BCUT2D eigenvalue weighted by Crippen LogP contribution is 2.31. The molecule has 0 saturated heterocycles. The molecule has 1 unspecified atom stereocenters. The number of nitrogens with zero attached hydrogens (tertiary/aromatic N) is 3. The maximum atomic E-state index is 5.91. The van der Waals surface area contributed by atoms with Crippen molar-refractivity contribution >= 4 is 0 Å². The molecular weight excluding hydrogens is 268 g/mol. The van der Waals surface area contributed by atoms with Crippen LogP contribution in [0.1, 0.15) is 18.5 Å². The minimum Gasteiger partial charge on any atom is -0.486 e. The minimum absolute atomic E-state index is 0.0431. The van der Waals surface area contributed by atoms with Crippen molar-refractivity contribution in [1.82, 2.24) is 15.0 Å². The van der Waals surface area contributed by atoms with Crippen LogP contribution < -0.4 is 15.2 Å². The molecule has 0 radical (unpaired) electrons. The highest BCUT2D eigenvalue weighted by atomic mass is 16.6. The molecule has 21 heavy (non-hydrogen) atoms. The summed E-state index contributed by atoms with van der Waals surface area (Å²) in [6.07, 6.45) is 4.91. The number of aryl methyl sites for hydroxylation is 1. The second kappa shape index (κ2) is 6.58. The zero-order valence-electron chi connectivity index (χ0n) is 11.9. The molecule has 3 rings (SSSR count). The topological polar surface area (TPSA) is 75.2 Å². The number of unbranched alkanes of at least 4 members (excludes halogenated alkanes) is 1. The number of benzene rings is 1. The van der Waals surface area contributed by atoms with E-state index in [1.54, 1.807) is 0 Å². The van der Waals surface area contributed by atoms with Crippen molar-refractivity contribution in [3.8, 4) is 11.5 Å². The molecule has 6 nitrogen and oxygen atoms in total. The van der Waals surface area contributed by atoms with Crippen molar-refractivity contribution in [3.05, 3.63) is 36.2 Å². The van der Waals surface area contributed by atoms with Gasteiger partial charge in [0.25, 0.3) is 0 Å². The predicted octanol–water partition coefficient (Wildman–Crippen LogP) is 1.40. The van der Waals surface area contributed by atoms with Crippen LogP contribution >= 0.6 is 0 Å². The number of aromatic nitrogens is 3. The van der Waals surface area contributed by atoms with E-state index in [-0.39, 0.29) is 6.10 Å². The van der Waals surface area contributed by atoms with Crippen LogP contribution in [0.4, 0.5) is 0 Å². The lowest BCUT2D eigenvalue weighted by atomic mass is 10.2. The number of hydrogen-bond donors (Lipinski definition) is 1. The van der Waals surface area contributed by atoms with Gasteiger partial charge in [0.1, 0.15) is 6.61 Å². The third-order valence-corrected chi connectivity index (χ3v) is 3.43. The van der Waals surface area contributed by atoms with Gasteiger partial charge in [-0.05, 0) is 37.9 Å². The van der Waals surface area contributed by atoms with E-state index < -0.39 is 0 Å². The minimum atomic E-state index is -0.0431. The summed E-state index contributed by atoms with van der Waals surface area (Å²) in [7, 11) is 0. The van der Waals surface area contributed by atoms with Gasteiger partial charge in [-0.2, -0.15) is 0 Å². The van der Waals surface area contributed by atoms with E-state index in [1.165, 1.54) is 0 Å². The van der Waals surface area contributed by atoms with Crippen LogP contribution in [-0.4, -0.2) is 34.2 Å². The number of fused-ring (bicyclic) bond motifs is 1. The van der Waals surface area contributed by atoms with E-state index >= 15 is 0 Å². The van der Waals surface area contributed by atoms with Crippen LogP contribution in [0.3, 0.4) is 0 Å². The first-order chi connectivity index (χ1) is 10.3. The van der Waals surface area contributed by atoms with E-state index in [1.807, 2.05) is 35.1 Å². The van der Waals surface area contributed by atoms with Gasteiger partial charge in [0, 0.05) is 6.20 Å². The standard InChI is InChI=1S/C15H20N4O2/c16-8-4-3-5-12-9-19(18-17-12)10-13-11-20-14-6-1-2-7-15(14)21-13/h1-2,6-7,9,13H,3-5,8,10-11,16H2. The average molecular weight is 288 g/mol. The fraction of sp³-hybridized carbons (Fsp3) is 0.467. The molecule has 2 N–H and O–H groups in total. The summed E-state index contributed by atoms with van der Waals surface area (Å²) >= 11 is 0. The first kappa shape index (κ1) is 13.9. The molecule has 0 amide bonds. The van der Waals surface area contributed by atoms with Crippen LogP contribution in [0.15, 0.2) is 30.5 Å². The summed E-state index contributed by atoms with van der Waals surface area (Å²) in [5, 5.41) is 8.32. The highest BCUT2D eigenvalue weighted by molar-refractivity contribution is 5.40. The zero-order valence-corrected chi connectivity index (χ0v) is 11.9. The van der Waals surface area contributed by atoms with Crippen LogP contribution in [-0.2, 0) is 13.0 Å². The SMILES string of the molecule is NCCCCc1cn(CC2COc3ccccc3O2)nn1. The molecule has 1 aromatic heterocycles. The van der Waals surface area contributed by atoms with Gasteiger partial charge >= 0.3 is 0 Å². The van der Waals surface area contributed by atoms with Crippen molar-refractivity contribution in [1.29, 1.82) is 0 Å². The summed E-state index contributed by atoms with van der Waals surface area (Å²) in [6, 6.07) is 7.71. The van der Waals surface area contributed by atoms with Crippen LogP contribution in [0.2, 0.25) is 0 Å². The molecule has 1 aliphatic rings. The maximum Gasteiger partial charge on any atom is 0.161 e. The van der Waals surface area contributed by atoms with Crippen molar-refractivity contribution in [2.75, 3.05) is 13.2 Å². The van der Waals surface area contributed by atoms with Gasteiger partial charge in [0.2, 0.25) is 0 Å². The predicted molar refractivity (Wildman–Crippen MR) is 78.4 cm³/mol. The Bertz CT molecular complexity index is 585. The van der Waals surface area contributed by atoms with E-state index in [0.29, 0.717) is 13.2 Å². The van der Waals surface area contributed by atoms with Crippen molar-refractivity contribution < 1.29 is 9.47 Å². The highest BCUT2D eigenvalue weighted by Gasteiger charge is 2.21. The van der Waals surface area contributed by atoms with Crippen molar-refractivity contribution in [3.63, 3.8) is 0 Å². The largest absolute Gasteiger partial charge is 0.486 e. The Morgan fingerprint density at radius 3 is 2.95 bits per heavy atom. The molecule has 1 aromatic carbocycles. The first-order valence-electron chi connectivity index (χ1n) is 7.32. The smallest absolute Gasteiger partial charge is 0.161 e. The molecule has 112 valence electrons. The van der Waals surface area contributed by atoms with Crippen LogP contribution in [0.25, 0.3) is 0 Å². The number of hydrogen-bond acceptors (Lipinski definition) is 5. The molecule has 2 heterocycles. The third kappa shape index (κ3) is 3.52. The summed E-state index contributed by atoms with van der Waals surface area (Å²) in [5.74, 6) is 1.59.